The molecule has 0 aliphatic carbocycles. The first-order valence-corrected chi connectivity index (χ1v) is 5.80. The van der Waals surface area contributed by atoms with Crippen LogP contribution in [0.1, 0.15) is 29.0 Å². The molecule has 96 valence electrons. The molecule has 5 heteroatoms. The molecule has 0 spiro atoms. The summed E-state index contributed by atoms with van der Waals surface area (Å²) in [6.07, 6.45) is 1.70. The number of pyridine rings is 1. The molecule has 0 saturated heterocycles. The van der Waals surface area contributed by atoms with Gasteiger partial charge in [-0.05, 0) is 36.8 Å². The first kappa shape index (κ1) is 12.9. The van der Waals surface area contributed by atoms with Crippen LogP contribution in [-0.4, -0.2) is 11.0 Å². The molecule has 1 aromatic carbocycles. The Balaban J connectivity index is 2.08. The molecule has 1 heterocycles. The first-order chi connectivity index (χ1) is 9.16. The van der Waals surface area contributed by atoms with Gasteiger partial charge in [0.05, 0.1) is 17.4 Å². The molecule has 19 heavy (non-hydrogen) atoms. The van der Waals surface area contributed by atoms with E-state index in [0.717, 1.165) is 5.69 Å². The van der Waals surface area contributed by atoms with Gasteiger partial charge in [-0.3, -0.25) is 4.98 Å². The number of hydrogen-bond donors (Lipinski definition) is 0. The highest BCUT2D eigenvalue weighted by Crippen LogP contribution is 2.19. The summed E-state index contributed by atoms with van der Waals surface area (Å²) in [6, 6.07) is 11.5. The number of rotatable bonds is 4. The van der Waals surface area contributed by atoms with Crippen molar-refractivity contribution in [3.05, 3.63) is 59.9 Å². The molecular formula is C14H12N3O2-. The first-order valence-electron chi connectivity index (χ1n) is 5.80. The summed E-state index contributed by atoms with van der Waals surface area (Å²) < 4.78 is 0. The zero-order chi connectivity index (χ0) is 13.7. The van der Waals surface area contributed by atoms with Gasteiger partial charge in [-0.2, -0.15) is 10.2 Å². The van der Waals surface area contributed by atoms with E-state index in [1.807, 2.05) is 25.1 Å². The Morgan fingerprint density at radius 1 is 1.21 bits per heavy atom. The average molecular weight is 254 g/mol. The number of nitrogens with zero attached hydrogens (tertiary/aromatic N) is 3. The average Bonchev–Trinajstić information content (AvgIpc) is 2.46. The van der Waals surface area contributed by atoms with Crippen LogP contribution < -0.4 is 5.11 Å². The van der Waals surface area contributed by atoms with Crippen molar-refractivity contribution in [2.75, 3.05) is 0 Å². The number of aromatic carboxylic acids is 1. The highest BCUT2D eigenvalue weighted by molar-refractivity contribution is 5.86. The maximum absolute atomic E-state index is 10.6. The van der Waals surface area contributed by atoms with Gasteiger partial charge in [-0.15, -0.1) is 0 Å². The molecular weight excluding hydrogens is 242 g/mol. The minimum absolute atomic E-state index is 0.122. The number of carboxylic acids is 1. The molecule has 0 fully saturated rings. The fourth-order valence-corrected chi connectivity index (χ4v) is 1.50. The van der Waals surface area contributed by atoms with E-state index in [1.54, 1.807) is 18.3 Å². The number of aromatic nitrogens is 1. The Labute approximate surface area is 110 Å². The Hall–Kier alpha value is -2.56. The molecule has 0 aliphatic rings. The third kappa shape index (κ3) is 3.45. The monoisotopic (exact) mass is 254 g/mol. The molecule has 0 saturated carbocycles. The van der Waals surface area contributed by atoms with Gasteiger partial charge in [0.25, 0.3) is 0 Å². The molecule has 1 atom stereocenters. The van der Waals surface area contributed by atoms with Crippen LogP contribution in [0.5, 0.6) is 0 Å². The van der Waals surface area contributed by atoms with Crippen molar-refractivity contribution < 1.29 is 9.90 Å². The van der Waals surface area contributed by atoms with Crippen molar-refractivity contribution in [3.63, 3.8) is 0 Å². The van der Waals surface area contributed by atoms with Crippen LogP contribution in [0.15, 0.2) is 58.9 Å². The molecule has 2 rings (SSSR count). The van der Waals surface area contributed by atoms with E-state index in [-0.39, 0.29) is 11.6 Å². The van der Waals surface area contributed by atoms with Gasteiger partial charge in [0.2, 0.25) is 0 Å². The van der Waals surface area contributed by atoms with E-state index in [1.165, 1.54) is 12.1 Å². The Morgan fingerprint density at radius 2 is 1.95 bits per heavy atom. The Kier molecular flexibility index (Phi) is 3.97. The van der Waals surface area contributed by atoms with Gasteiger partial charge >= 0.3 is 0 Å². The third-order valence-corrected chi connectivity index (χ3v) is 2.57. The minimum atomic E-state index is -1.20. The lowest BCUT2D eigenvalue weighted by Gasteiger charge is -2.04. The van der Waals surface area contributed by atoms with Crippen molar-refractivity contribution in [1.82, 2.24) is 4.98 Å². The molecule has 0 aliphatic heterocycles. The van der Waals surface area contributed by atoms with Crippen LogP contribution >= 0.6 is 0 Å². The fraction of sp³-hybridized carbons (Fsp3) is 0.143. The second-order valence-electron chi connectivity index (χ2n) is 3.98. The van der Waals surface area contributed by atoms with E-state index >= 15 is 0 Å². The molecule has 2 aromatic rings. The van der Waals surface area contributed by atoms with Crippen LogP contribution in [0, 0.1) is 0 Å². The predicted octanol–water partition coefficient (Wildman–Crippen LogP) is 2.29. The molecule has 0 unspecified atom stereocenters. The number of hydrogen-bond acceptors (Lipinski definition) is 5. The number of carboxylic acid groups (broad SMARTS) is 1. The van der Waals surface area contributed by atoms with Crippen molar-refractivity contribution in [3.8, 4) is 0 Å². The van der Waals surface area contributed by atoms with Gasteiger partial charge in [-0.1, -0.05) is 18.2 Å². The highest BCUT2D eigenvalue weighted by Gasteiger charge is 2.03. The maximum atomic E-state index is 10.6. The van der Waals surface area contributed by atoms with Gasteiger partial charge in [0.1, 0.15) is 6.04 Å². The van der Waals surface area contributed by atoms with Crippen LogP contribution in [0.4, 0.5) is 5.69 Å². The van der Waals surface area contributed by atoms with Gasteiger partial charge in [0, 0.05) is 6.20 Å². The smallest absolute Gasteiger partial charge is 0.110 e. The summed E-state index contributed by atoms with van der Waals surface area (Å²) in [7, 11) is 0. The van der Waals surface area contributed by atoms with E-state index in [4.69, 9.17) is 0 Å². The van der Waals surface area contributed by atoms with E-state index < -0.39 is 5.97 Å². The summed E-state index contributed by atoms with van der Waals surface area (Å²) in [5, 5.41) is 18.8. The zero-order valence-corrected chi connectivity index (χ0v) is 10.4. The quantitative estimate of drug-likeness (QED) is 0.785. The number of azo groups is 1. The summed E-state index contributed by atoms with van der Waals surface area (Å²) in [5.74, 6) is -1.20. The minimum Gasteiger partial charge on any atom is -0.545 e. The predicted molar refractivity (Wildman–Crippen MR) is 67.9 cm³/mol. The summed E-state index contributed by atoms with van der Waals surface area (Å²) in [6.45, 7) is 1.89. The molecule has 0 amide bonds. The van der Waals surface area contributed by atoms with Crippen molar-refractivity contribution in [1.29, 1.82) is 0 Å². The van der Waals surface area contributed by atoms with Crippen molar-refractivity contribution in [2.24, 2.45) is 10.2 Å². The standard InChI is InChI=1S/C14H13N3O2/c1-10(13-4-2-3-9-15-13)16-17-12-7-5-11(6-8-12)14(18)19/h2-10H,1H3,(H,18,19)/p-1/t10-/m1/s1. The summed E-state index contributed by atoms with van der Waals surface area (Å²) >= 11 is 0. The van der Waals surface area contributed by atoms with Crippen LogP contribution in [0.2, 0.25) is 0 Å². The SMILES string of the molecule is C[C@@H](N=Nc1ccc(C(=O)[O-])cc1)c1ccccn1. The fourth-order valence-electron chi connectivity index (χ4n) is 1.50. The lowest BCUT2D eigenvalue weighted by atomic mass is 10.2. The van der Waals surface area contributed by atoms with Crippen molar-refractivity contribution in [2.45, 2.75) is 13.0 Å². The third-order valence-electron chi connectivity index (χ3n) is 2.57. The molecule has 0 radical (unpaired) electrons. The number of benzene rings is 1. The topological polar surface area (TPSA) is 77.7 Å². The molecule has 1 aromatic heterocycles. The largest absolute Gasteiger partial charge is 0.545 e. The highest BCUT2D eigenvalue weighted by atomic mass is 16.4. The molecule has 5 nitrogen and oxygen atoms in total. The van der Waals surface area contributed by atoms with Crippen LogP contribution in [0.3, 0.4) is 0 Å². The second-order valence-corrected chi connectivity index (χ2v) is 3.98. The maximum Gasteiger partial charge on any atom is 0.110 e. The van der Waals surface area contributed by atoms with E-state index in [2.05, 4.69) is 15.2 Å². The van der Waals surface area contributed by atoms with Crippen molar-refractivity contribution >= 4 is 11.7 Å². The lowest BCUT2D eigenvalue weighted by molar-refractivity contribution is -0.255. The Bertz CT molecular complexity index is 579. The van der Waals surface area contributed by atoms with Crippen LogP contribution in [0.25, 0.3) is 0 Å². The van der Waals surface area contributed by atoms with Gasteiger partial charge < -0.3 is 9.90 Å². The van der Waals surface area contributed by atoms with Crippen LogP contribution in [-0.2, 0) is 0 Å². The van der Waals surface area contributed by atoms with Gasteiger partial charge in [0.15, 0.2) is 0 Å². The molecule has 0 bridgehead atoms. The lowest BCUT2D eigenvalue weighted by Crippen LogP contribution is -2.21. The van der Waals surface area contributed by atoms with Gasteiger partial charge in [-0.25, -0.2) is 0 Å². The second kappa shape index (κ2) is 5.86. The summed E-state index contributed by atoms with van der Waals surface area (Å²) in [5.41, 5.74) is 1.54. The number of carbonyl (C=O) groups is 1. The number of carbonyl (C=O) groups excluding carboxylic acids is 1. The Morgan fingerprint density at radius 3 is 2.53 bits per heavy atom. The zero-order valence-electron chi connectivity index (χ0n) is 10.4. The summed E-state index contributed by atoms with van der Waals surface area (Å²) in [4.78, 5) is 14.8. The molecule has 0 N–H and O–H groups in total. The normalized spacial score (nSPS) is 12.5. The van der Waals surface area contributed by atoms with E-state index in [9.17, 15) is 9.90 Å². The van der Waals surface area contributed by atoms with E-state index in [0.29, 0.717) is 5.69 Å².